The van der Waals surface area contributed by atoms with Crippen molar-refractivity contribution in [1.29, 1.82) is 0 Å². The van der Waals surface area contributed by atoms with Crippen molar-refractivity contribution in [2.45, 2.75) is 24.8 Å². The second-order valence-corrected chi connectivity index (χ2v) is 5.32. The molecule has 3 nitrogen and oxygen atoms in total. The summed E-state index contributed by atoms with van der Waals surface area (Å²) in [6, 6.07) is 0. The molecule has 2 fully saturated rings. The van der Waals surface area contributed by atoms with Gasteiger partial charge in [-0.25, -0.2) is 0 Å². The fraction of sp³-hybridized carbons (Fsp3) is 1.00. The van der Waals surface area contributed by atoms with E-state index < -0.39 is 15.8 Å². The molecule has 70 valence electrons. The summed E-state index contributed by atoms with van der Waals surface area (Å²) in [5.74, 6) is 0.239. The first kappa shape index (κ1) is 8.44. The lowest BCUT2D eigenvalue weighted by atomic mass is 10.0. The first-order chi connectivity index (χ1) is 5.49. The predicted octanol–water partition coefficient (Wildman–Crippen LogP) is 0.428. The Hall–Kier alpha value is -0.160. The predicted molar refractivity (Wildman–Crippen MR) is 43.0 cm³/mol. The zero-order valence-electron chi connectivity index (χ0n) is 6.72. The van der Waals surface area contributed by atoms with Gasteiger partial charge >= 0.3 is 10.2 Å². The molecule has 0 aromatic heterocycles. The van der Waals surface area contributed by atoms with Crippen LogP contribution in [0.2, 0.25) is 0 Å². The average Bonchev–Trinajstić information content (AvgIpc) is 2.40. The number of nitrogens with one attached hydrogen (secondary N) is 1. The second-order valence-electron chi connectivity index (χ2n) is 3.95. The maximum atomic E-state index is 12.4. The van der Waals surface area contributed by atoms with Gasteiger partial charge in [0.1, 0.15) is 0 Å². The van der Waals surface area contributed by atoms with Gasteiger partial charge < -0.3 is 5.32 Å². The van der Waals surface area contributed by atoms with Crippen LogP contribution >= 0.6 is 0 Å². The van der Waals surface area contributed by atoms with Crippen LogP contribution in [-0.2, 0) is 10.2 Å². The number of halogens is 1. The summed E-state index contributed by atoms with van der Waals surface area (Å²) in [4.78, 5) is 0. The molecule has 1 saturated heterocycles. The Morgan fingerprint density at radius 3 is 2.67 bits per heavy atom. The highest BCUT2D eigenvalue weighted by Crippen LogP contribution is 2.40. The van der Waals surface area contributed by atoms with Crippen LogP contribution in [0.3, 0.4) is 0 Å². The minimum Gasteiger partial charge on any atom is -0.310 e. The molecular weight excluding hydrogens is 181 g/mol. The monoisotopic (exact) mass is 193 g/mol. The quantitative estimate of drug-likeness (QED) is 0.647. The Kier molecular flexibility index (Phi) is 1.70. The summed E-state index contributed by atoms with van der Waals surface area (Å²) in [6.07, 6.45) is 2.68. The van der Waals surface area contributed by atoms with E-state index >= 15 is 0 Å². The maximum absolute atomic E-state index is 12.4. The SMILES string of the molecule is O=S(=O)(F)CC12CCC(CN1)C2. The third-order valence-corrected chi connectivity index (χ3v) is 3.82. The Morgan fingerprint density at radius 2 is 2.33 bits per heavy atom. The molecule has 1 aliphatic heterocycles. The Balaban J connectivity index is 2.13. The highest BCUT2D eigenvalue weighted by molar-refractivity contribution is 7.86. The molecule has 1 N–H and O–H groups in total. The largest absolute Gasteiger partial charge is 0.310 e. The summed E-state index contributed by atoms with van der Waals surface area (Å²) >= 11 is 0. The lowest BCUT2D eigenvalue weighted by Gasteiger charge is -2.25. The van der Waals surface area contributed by atoms with Gasteiger partial charge in [-0.3, -0.25) is 0 Å². The van der Waals surface area contributed by atoms with Crippen molar-refractivity contribution in [1.82, 2.24) is 5.32 Å². The summed E-state index contributed by atoms with van der Waals surface area (Å²) in [5, 5.41) is 3.11. The number of fused-ring (bicyclic) bond motifs is 2. The van der Waals surface area contributed by atoms with E-state index in [-0.39, 0.29) is 5.75 Å². The van der Waals surface area contributed by atoms with Crippen LogP contribution < -0.4 is 5.32 Å². The van der Waals surface area contributed by atoms with Crippen molar-refractivity contribution in [3.05, 3.63) is 0 Å². The molecule has 2 rings (SSSR count). The molecule has 12 heavy (non-hydrogen) atoms. The van der Waals surface area contributed by atoms with Crippen LogP contribution in [0, 0.1) is 5.92 Å². The molecule has 0 amide bonds. The molecule has 1 heterocycles. The Labute approximate surface area is 71.6 Å². The lowest BCUT2D eigenvalue weighted by Crippen LogP contribution is -2.45. The van der Waals surface area contributed by atoms with Gasteiger partial charge in [-0.2, -0.15) is 8.42 Å². The molecule has 2 atom stereocenters. The van der Waals surface area contributed by atoms with Crippen molar-refractivity contribution in [2.75, 3.05) is 12.3 Å². The topological polar surface area (TPSA) is 46.2 Å². The molecule has 0 spiro atoms. The van der Waals surface area contributed by atoms with E-state index in [0.29, 0.717) is 5.92 Å². The fourth-order valence-electron chi connectivity index (χ4n) is 2.44. The molecule has 1 aliphatic carbocycles. The standard InChI is InChI=1S/C7H12FNO2S/c8-12(10,11)5-7-2-1-6(3-7)4-9-7/h6,9H,1-5H2. The van der Waals surface area contributed by atoms with E-state index in [4.69, 9.17) is 0 Å². The van der Waals surface area contributed by atoms with Gasteiger partial charge in [-0.1, -0.05) is 0 Å². The zero-order valence-corrected chi connectivity index (χ0v) is 7.53. The first-order valence-corrected chi connectivity index (χ1v) is 5.72. The molecule has 1 saturated carbocycles. The smallest absolute Gasteiger partial charge is 0.304 e. The van der Waals surface area contributed by atoms with Gasteiger partial charge in [-0.15, -0.1) is 3.89 Å². The number of piperidine rings is 1. The normalized spacial score (nSPS) is 40.6. The van der Waals surface area contributed by atoms with Gasteiger partial charge in [0.2, 0.25) is 0 Å². The second kappa shape index (κ2) is 2.42. The van der Waals surface area contributed by atoms with Gasteiger partial charge in [0.25, 0.3) is 0 Å². The summed E-state index contributed by atoms with van der Waals surface area (Å²) in [7, 11) is -4.31. The van der Waals surface area contributed by atoms with Gasteiger partial charge in [0, 0.05) is 5.54 Å². The minimum atomic E-state index is -4.31. The van der Waals surface area contributed by atoms with Crippen molar-refractivity contribution in [2.24, 2.45) is 5.92 Å². The van der Waals surface area contributed by atoms with E-state index in [9.17, 15) is 12.3 Å². The van der Waals surface area contributed by atoms with Crippen LogP contribution in [0.25, 0.3) is 0 Å². The molecule has 2 unspecified atom stereocenters. The van der Waals surface area contributed by atoms with Crippen LogP contribution in [-0.4, -0.2) is 26.3 Å². The molecule has 5 heteroatoms. The third kappa shape index (κ3) is 1.47. The van der Waals surface area contributed by atoms with Crippen LogP contribution in [0.4, 0.5) is 3.89 Å². The molecule has 0 radical (unpaired) electrons. The van der Waals surface area contributed by atoms with E-state index in [0.717, 1.165) is 25.8 Å². The van der Waals surface area contributed by atoms with Crippen molar-refractivity contribution >= 4 is 10.2 Å². The zero-order chi connectivity index (χ0) is 8.82. The van der Waals surface area contributed by atoms with Crippen LogP contribution in [0.15, 0.2) is 0 Å². The molecule has 0 aromatic rings. The van der Waals surface area contributed by atoms with E-state index in [1.807, 2.05) is 0 Å². The summed E-state index contributed by atoms with van der Waals surface area (Å²) < 4.78 is 33.3. The number of hydrogen-bond donors (Lipinski definition) is 1. The average molecular weight is 193 g/mol. The van der Waals surface area contributed by atoms with E-state index in [1.54, 1.807) is 0 Å². The minimum absolute atomic E-state index is 0.337. The number of hydrogen-bond acceptors (Lipinski definition) is 3. The van der Waals surface area contributed by atoms with E-state index in [2.05, 4.69) is 5.32 Å². The van der Waals surface area contributed by atoms with Gasteiger partial charge in [0.15, 0.2) is 0 Å². The fourth-order valence-corrected chi connectivity index (χ4v) is 3.47. The van der Waals surface area contributed by atoms with Crippen LogP contribution in [0.5, 0.6) is 0 Å². The molecule has 2 aliphatic rings. The molecule has 2 bridgehead atoms. The highest BCUT2D eigenvalue weighted by atomic mass is 32.3. The summed E-state index contributed by atoms with van der Waals surface area (Å²) in [6.45, 7) is 0.857. The first-order valence-electron chi connectivity index (χ1n) is 4.17. The van der Waals surface area contributed by atoms with Crippen molar-refractivity contribution in [3.63, 3.8) is 0 Å². The van der Waals surface area contributed by atoms with E-state index in [1.165, 1.54) is 0 Å². The summed E-state index contributed by atoms with van der Waals surface area (Å²) in [5.41, 5.74) is -0.418. The molecular formula is C7H12FNO2S. The van der Waals surface area contributed by atoms with Gasteiger partial charge in [-0.05, 0) is 31.7 Å². The molecule has 0 aromatic carbocycles. The Morgan fingerprint density at radius 1 is 1.58 bits per heavy atom. The Bertz CT molecular complexity index is 280. The maximum Gasteiger partial charge on any atom is 0.304 e. The van der Waals surface area contributed by atoms with Crippen molar-refractivity contribution in [3.8, 4) is 0 Å². The van der Waals surface area contributed by atoms with Gasteiger partial charge in [0.05, 0.1) is 5.75 Å². The highest BCUT2D eigenvalue weighted by Gasteiger charge is 2.47. The third-order valence-electron chi connectivity index (χ3n) is 2.92. The lowest BCUT2D eigenvalue weighted by molar-refractivity contribution is 0.389. The van der Waals surface area contributed by atoms with Crippen LogP contribution in [0.1, 0.15) is 19.3 Å². The van der Waals surface area contributed by atoms with Crippen molar-refractivity contribution < 1.29 is 12.3 Å². The number of rotatable bonds is 2.